The first-order valence-corrected chi connectivity index (χ1v) is 5.72. The second-order valence-electron chi connectivity index (χ2n) is 4.69. The minimum atomic E-state index is 0.423. The Balaban J connectivity index is 2.49. The molecule has 1 aliphatic rings. The standard InChI is InChI=1S/C13H20N2O/c1-8-5-10-6-13(16-4)12(14)7-11(10)9(2)15(8)3/h6-9H,5,14H2,1-4H3. The van der Waals surface area contributed by atoms with E-state index >= 15 is 0 Å². The SMILES string of the molecule is COc1cc2c(cc1N)C(C)N(C)C(C)C2. The van der Waals surface area contributed by atoms with Crippen LogP contribution in [0.25, 0.3) is 0 Å². The molecule has 0 aromatic heterocycles. The van der Waals surface area contributed by atoms with Crippen LogP contribution in [0.2, 0.25) is 0 Å². The molecule has 0 aliphatic carbocycles. The highest BCUT2D eigenvalue weighted by Gasteiger charge is 2.27. The zero-order valence-electron chi connectivity index (χ0n) is 10.4. The number of methoxy groups -OCH3 is 1. The molecular weight excluding hydrogens is 200 g/mol. The van der Waals surface area contributed by atoms with E-state index in [-0.39, 0.29) is 0 Å². The Morgan fingerprint density at radius 3 is 2.69 bits per heavy atom. The molecule has 1 heterocycles. The summed E-state index contributed by atoms with van der Waals surface area (Å²) >= 11 is 0. The van der Waals surface area contributed by atoms with Gasteiger partial charge < -0.3 is 10.5 Å². The number of nitrogens with zero attached hydrogens (tertiary/aromatic N) is 1. The van der Waals surface area contributed by atoms with E-state index in [4.69, 9.17) is 10.5 Å². The Bertz CT molecular complexity index is 403. The second-order valence-corrected chi connectivity index (χ2v) is 4.69. The Morgan fingerprint density at radius 1 is 1.38 bits per heavy atom. The number of benzene rings is 1. The van der Waals surface area contributed by atoms with E-state index in [1.807, 2.05) is 0 Å². The van der Waals surface area contributed by atoms with Gasteiger partial charge in [0.25, 0.3) is 0 Å². The number of ether oxygens (including phenoxy) is 1. The summed E-state index contributed by atoms with van der Waals surface area (Å²) < 4.78 is 5.27. The third-order valence-corrected chi connectivity index (χ3v) is 3.76. The highest BCUT2D eigenvalue weighted by Crippen LogP contribution is 2.36. The van der Waals surface area contributed by atoms with Gasteiger partial charge in [0, 0.05) is 12.1 Å². The zero-order chi connectivity index (χ0) is 11.9. The summed E-state index contributed by atoms with van der Waals surface area (Å²) in [6.45, 7) is 4.47. The predicted octanol–water partition coefficient (Wildman–Crippen LogP) is 2.21. The van der Waals surface area contributed by atoms with Gasteiger partial charge >= 0.3 is 0 Å². The van der Waals surface area contributed by atoms with Gasteiger partial charge in [-0.3, -0.25) is 4.90 Å². The van der Waals surface area contributed by atoms with Crippen LogP contribution in [-0.2, 0) is 6.42 Å². The molecule has 3 nitrogen and oxygen atoms in total. The largest absolute Gasteiger partial charge is 0.495 e. The first kappa shape index (κ1) is 11.3. The van der Waals surface area contributed by atoms with Crippen LogP contribution in [0, 0.1) is 0 Å². The topological polar surface area (TPSA) is 38.5 Å². The Hall–Kier alpha value is -1.22. The van der Waals surface area contributed by atoms with Crippen LogP contribution in [0.1, 0.15) is 31.0 Å². The van der Waals surface area contributed by atoms with Crippen molar-refractivity contribution < 1.29 is 4.74 Å². The van der Waals surface area contributed by atoms with Gasteiger partial charge in [-0.1, -0.05) is 0 Å². The van der Waals surface area contributed by atoms with Crippen molar-refractivity contribution in [1.29, 1.82) is 0 Å². The molecule has 1 aromatic rings. The minimum Gasteiger partial charge on any atom is -0.495 e. The fraction of sp³-hybridized carbons (Fsp3) is 0.538. The van der Waals surface area contributed by atoms with Crippen molar-refractivity contribution in [3.05, 3.63) is 23.3 Å². The van der Waals surface area contributed by atoms with Crippen molar-refractivity contribution in [3.63, 3.8) is 0 Å². The van der Waals surface area contributed by atoms with Gasteiger partial charge in [0.05, 0.1) is 12.8 Å². The van der Waals surface area contributed by atoms with E-state index in [1.54, 1.807) is 7.11 Å². The number of nitrogens with two attached hydrogens (primary N) is 1. The van der Waals surface area contributed by atoms with Crippen LogP contribution in [0.15, 0.2) is 12.1 Å². The summed E-state index contributed by atoms with van der Waals surface area (Å²) in [6.07, 6.45) is 1.06. The molecule has 2 N–H and O–H groups in total. The molecule has 16 heavy (non-hydrogen) atoms. The molecule has 88 valence electrons. The van der Waals surface area contributed by atoms with Crippen molar-refractivity contribution in [2.24, 2.45) is 0 Å². The van der Waals surface area contributed by atoms with Crippen LogP contribution in [0.5, 0.6) is 5.75 Å². The van der Waals surface area contributed by atoms with Crippen molar-refractivity contribution in [2.75, 3.05) is 19.9 Å². The average molecular weight is 220 g/mol. The lowest BCUT2D eigenvalue weighted by Gasteiger charge is -2.37. The maximum Gasteiger partial charge on any atom is 0.142 e. The lowest BCUT2D eigenvalue weighted by molar-refractivity contribution is 0.179. The molecule has 3 heteroatoms. The fourth-order valence-corrected chi connectivity index (χ4v) is 2.46. The van der Waals surface area contributed by atoms with Gasteiger partial charge in [-0.15, -0.1) is 0 Å². The monoisotopic (exact) mass is 220 g/mol. The van der Waals surface area contributed by atoms with Gasteiger partial charge in [-0.05, 0) is 50.6 Å². The molecule has 2 unspecified atom stereocenters. The lowest BCUT2D eigenvalue weighted by Crippen LogP contribution is -2.37. The number of fused-ring (bicyclic) bond motifs is 1. The summed E-state index contributed by atoms with van der Waals surface area (Å²) in [7, 11) is 3.83. The summed E-state index contributed by atoms with van der Waals surface area (Å²) in [5.41, 5.74) is 9.38. The van der Waals surface area contributed by atoms with E-state index in [0.717, 1.165) is 17.9 Å². The Morgan fingerprint density at radius 2 is 2.06 bits per heavy atom. The van der Waals surface area contributed by atoms with Crippen molar-refractivity contribution in [2.45, 2.75) is 32.4 Å². The van der Waals surface area contributed by atoms with Crippen LogP contribution >= 0.6 is 0 Å². The van der Waals surface area contributed by atoms with E-state index in [9.17, 15) is 0 Å². The van der Waals surface area contributed by atoms with E-state index in [1.165, 1.54) is 11.1 Å². The number of hydrogen-bond donors (Lipinski definition) is 1. The van der Waals surface area contributed by atoms with Gasteiger partial charge in [0.15, 0.2) is 0 Å². The molecule has 0 bridgehead atoms. The smallest absolute Gasteiger partial charge is 0.142 e. The summed E-state index contributed by atoms with van der Waals surface area (Å²) in [5, 5.41) is 0. The summed E-state index contributed by atoms with van der Waals surface area (Å²) in [6, 6.07) is 5.13. The quantitative estimate of drug-likeness (QED) is 0.737. The average Bonchev–Trinajstić information content (AvgIpc) is 2.27. The molecule has 0 amide bonds. The van der Waals surface area contributed by atoms with Crippen LogP contribution in [0.3, 0.4) is 0 Å². The first-order valence-electron chi connectivity index (χ1n) is 5.72. The summed E-state index contributed by atoms with van der Waals surface area (Å²) in [5.74, 6) is 0.794. The van der Waals surface area contributed by atoms with Crippen LogP contribution in [0.4, 0.5) is 5.69 Å². The maximum atomic E-state index is 5.95. The van der Waals surface area contributed by atoms with Crippen molar-refractivity contribution in [1.82, 2.24) is 4.90 Å². The van der Waals surface area contributed by atoms with Crippen molar-refractivity contribution in [3.8, 4) is 5.75 Å². The zero-order valence-corrected chi connectivity index (χ0v) is 10.4. The van der Waals surface area contributed by atoms with E-state index in [2.05, 4.69) is 37.9 Å². The number of anilines is 1. The molecule has 0 saturated heterocycles. The molecule has 1 aromatic carbocycles. The molecule has 0 radical (unpaired) electrons. The molecule has 2 atom stereocenters. The maximum absolute atomic E-state index is 5.95. The Kier molecular flexibility index (Phi) is 2.80. The first-order chi connectivity index (χ1) is 7.54. The lowest BCUT2D eigenvalue weighted by atomic mass is 9.89. The number of rotatable bonds is 1. The second kappa shape index (κ2) is 3.98. The van der Waals surface area contributed by atoms with Crippen LogP contribution in [-0.4, -0.2) is 25.1 Å². The van der Waals surface area contributed by atoms with Gasteiger partial charge in [-0.25, -0.2) is 0 Å². The van der Waals surface area contributed by atoms with Gasteiger partial charge in [0.1, 0.15) is 5.75 Å². The number of likely N-dealkylation sites (N-methyl/N-ethyl adjacent to an activating group) is 1. The molecule has 0 saturated carbocycles. The highest BCUT2D eigenvalue weighted by molar-refractivity contribution is 5.58. The number of nitrogen functional groups attached to an aromatic ring is 1. The van der Waals surface area contributed by atoms with E-state index in [0.29, 0.717) is 12.1 Å². The molecule has 1 aliphatic heterocycles. The summed E-state index contributed by atoms with van der Waals surface area (Å²) in [4.78, 5) is 2.38. The predicted molar refractivity (Wildman–Crippen MR) is 66.8 cm³/mol. The van der Waals surface area contributed by atoms with Gasteiger partial charge in [0.2, 0.25) is 0 Å². The molecule has 0 fully saturated rings. The molecule has 2 rings (SSSR count). The van der Waals surface area contributed by atoms with E-state index < -0.39 is 0 Å². The highest BCUT2D eigenvalue weighted by atomic mass is 16.5. The molecular formula is C13H20N2O. The fourth-order valence-electron chi connectivity index (χ4n) is 2.46. The normalized spacial score (nSPS) is 25.2. The molecule has 0 spiro atoms. The number of hydrogen-bond acceptors (Lipinski definition) is 3. The van der Waals surface area contributed by atoms with Crippen LogP contribution < -0.4 is 10.5 Å². The minimum absolute atomic E-state index is 0.423. The third-order valence-electron chi connectivity index (χ3n) is 3.76. The van der Waals surface area contributed by atoms with Gasteiger partial charge in [-0.2, -0.15) is 0 Å². The third kappa shape index (κ3) is 1.65. The van der Waals surface area contributed by atoms with Crippen molar-refractivity contribution >= 4 is 5.69 Å². The Labute approximate surface area is 97.2 Å².